The molecule has 1 aliphatic heterocycles. The van der Waals surface area contributed by atoms with Crippen LogP contribution in [0.1, 0.15) is 30.7 Å². The van der Waals surface area contributed by atoms with Gasteiger partial charge in [0.05, 0.1) is 12.6 Å². The van der Waals surface area contributed by atoms with Gasteiger partial charge in [-0.1, -0.05) is 28.1 Å². The fourth-order valence-electron chi connectivity index (χ4n) is 3.07. The number of hydrogen-bond donors (Lipinski definition) is 1. The van der Waals surface area contributed by atoms with Gasteiger partial charge in [-0.2, -0.15) is 0 Å². The molecule has 3 atom stereocenters. The second-order valence-electron chi connectivity index (χ2n) is 5.51. The van der Waals surface area contributed by atoms with Gasteiger partial charge in [0.15, 0.2) is 0 Å². The first-order valence-corrected chi connectivity index (χ1v) is 7.67. The normalized spacial score (nSPS) is 29.6. The Morgan fingerprint density at radius 3 is 2.79 bits per heavy atom. The summed E-state index contributed by atoms with van der Waals surface area (Å²) >= 11 is 3.43. The van der Waals surface area contributed by atoms with Gasteiger partial charge in [0, 0.05) is 16.9 Å². The van der Waals surface area contributed by atoms with Crippen molar-refractivity contribution in [2.45, 2.75) is 31.2 Å². The third-order valence-corrected chi connectivity index (χ3v) is 4.81. The molecular formula is C15H18BrNO2. The smallest absolute Gasteiger partial charge is 0.226 e. The Kier molecular flexibility index (Phi) is 3.63. The lowest BCUT2D eigenvalue weighted by Gasteiger charge is -2.23. The van der Waals surface area contributed by atoms with Crippen LogP contribution in [0.4, 0.5) is 0 Å². The van der Waals surface area contributed by atoms with E-state index in [9.17, 15) is 9.90 Å². The molecule has 1 N–H and O–H groups in total. The minimum absolute atomic E-state index is 0.0543. The average Bonchev–Trinajstić information content (AvgIpc) is 3.07. The molecule has 2 aliphatic rings. The molecule has 1 aliphatic carbocycles. The van der Waals surface area contributed by atoms with Gasteiger partial charge in [0.25, 0.3) is 0 Å². The van der Waals surface area contributed by atoms with Crippen LogP contribution in [0.5, 0.6) is 0 Å². The first-order valence-electron chi connectivity index (χ1n) is 6.87. The number of benzene rings is 1. The molecule has 1 heterocycles. The summed E-state index contributed by atoms with van der Waals surface area (Å²) in [6.07, 6.45) is 2.92. The predicted molar refractivity (Wildman–Crippen MR) is 76.8 cm³/mol. The summed E-state index contributed by atoms with van der Waals surface area (Å²) < 4.78 is 1.07. The Morgan fingerprint density at radius 1 is 1.37 bits per heavy atom. The van der Waals surface area contributed by atoms with E-state index in [1.165, 1.54) is 5.56 Å². The van der Waals surface area contributed by atoms with E-state index in [2.05, 4.69) is 28.1 Å². The van der Waals surface area contributed by atoms with Crippen LogP contribution in [0.25, 0.3) is 0 Å². The van der Waals surface area contributed by atoms with Gasteiger partial charge in [0.2, 0.25) is 5.91 Å². The summed E-state index contributed by atoms with van der Waals surface area (Å²) in [5.74, 6) is 0.748. The van der Waals surface area contributed by atoms with Crippen LogP contribution in [0.3, 0.4) is 0 Å². The number of hydrogen-bond acceptors (Lipinski definition) is 2. The molecule has 3 rings (SSSR count). The first kappa shape index (κ1) is 13.1. The third-order valence-electron chi connectivity index (χ3n) is 4.28. The standard InChI is InChI=1S/C15H18BrNO2/c16-11-5-3-10(4-6-11)13-8-14(13)15(19)17-7-1-2-12(17)9-18/h3-6,12-14,18H,1-2,7-9H2/t12-,13?,14?/m1/s1. The largest absolute Gasteiger partial charge is 0.394 e. The van der Waals surface area contributed by atoms with Gasteiger partial charge in [0.1, 0.15) is 0 Å². The molecular weight excluding hydrogens is 306 g/mol. The van der Waals surface area contributed by atoms with Crippen molar-refractivity contribution in [2.24, 2.45) is 5.92 Å². The van der Waals surface area contributed by atoms with E-state index in [0.29, 0.717) is 5.92 Å². The van der Waals surface area contributed by atoms with Crippen LogP contribution in [-0.2, 0) is 4.79 Å². The Balaban J connectivity index is 1.66. The second kappa shape index (κ2) is 5.25. The zero-order chi connectivity index (χ0) is 13.4. The summed E-state index contributed by atoms with van der Waals surface area (Å²) in [5, 5.41) is 9.30. The van der Waals surface area contributed by atoms with Crippen LogP contribution in [0.2, 0.25) is 0 Å². The number of carbonyl (C=O) groups is 1. The van der Waals surface area contributed by atoms with E-state index in [1.807, 2.05) is 17.0 Å². The van der Waals surface area contributed by atoms with Crippen molar-refractivity contribution in [3.05, 3.63) is 34.3 Å². The van der Waals surface area contributed by atoms with Crippen LogP contribution in [0, 0.1) is 5.92 Å². The van der Waals surface area contributed by atoms with Crippen molar-refractivity contribution in [3.63, 3.8) is 0 Å². The van der Waals surface area contributed by atoms with E-state index in [1.54, 1.807) is 0 Å². The van der Waals surface area contributed by atoms with Crippen molar-refractivity contribution >= 4 is 21.8 Å². The molecule has 1 aromatic rings. The van der Waals surface area contributed by atoms with Crippen molar-refractivity contribution in [1.29, 1.82) is 0 Å². The van der Waals surface area contributed by atoms with Gasteiger partial charge in [-0.15, -0.1) is 0 Å². The van der Waals surface area contributed by atoms with E-state index in [0.717, 1.165) is 30.3 Å². The lowest BCUT2D eigenvalue weighted by Crippen LogP contribution is -2.38. The van der Waals surface area contributed by atoms with Crippen molar-refractivity contribution in [3.8, 4) is 0 Å². The van der Waals surface area contributed by atoms with Gasteiger partial charge in [-0.25, -0.2) is 0 Å². The molecule has 0 radical (unpaired) electrons. The second-order valence-corrected chi connectivity index (χ2v) is 6.43. The number of carbonyl (C=O) groups excluding carboxylic acids is 1. The lowest BCUT2D eigenvalue weighted by atomic mass is 10.1. The molecule has 1 saturated heterocycles. The van der Waals surface area contributed by atoms with Gasteiger partial charge < -0.3 is 10.0 Å². The molecule has 2 fully saturated rings. The fourth-order valence-corrected chi connectivity index (χ4v) is 3.34. The highest BCUT2D eigenvalue weighted by Crippen LogP contribution is 2.49. The number of halogens is 1. The Bertz CT molecular complexity index is 474. The molecule has 102 valence electrons. The third kappa shape index (κ3) is 2.56. The van der Waals surface area contributed by atoms with Gasteiger partial charge >= 0.3 is 0 Å². The van der Waals surface area contributed by atoms with Crippen LogP contribution in [-0.4, -0.2) is 35.1 Å². The average molecular weight is 324 g/mol. The quantitative estimate of drug-likeness (QED) is 0.928. The molecule has 1 aromatic carbocycles. The van der Waals surface area contributed by atoms with Crippen LogP contribution in [0.15, 0.2) is 28.7 Å². The predicted octanol–water partition coefficient (Wildman–Crippen LogP) is 2.54. The summed E-state index contributed by atoms with van der Waals surface area (Å²) in [5.41, 5.74) is 1.25. The molecule has 0 bridgehead atoms. The monoisotopic (exact) mass is 323 g/mol. The number of likely N-dealkylation sites (tertiary alicyclic amines) is 1. The zero-order valence-corrected chi connectivity index (χ0v) is 12.3. The summed E-state index contributed by atoms with van der Waals surface area (Å²) in [6.45, 7) is 0.912. The summed E-state index contributed by atoms with van der Waals surface area (Å²) in [4.78, 5) is 14.3. The molecule has 1 saturated carbocycles. The van der Waals surface area contributed by atoms with E-state index in [-0.39, 0.29) is 24.5 Å². The minimum atomic E-state index is 0.0543. The Hall–Kier alpha value is -0.870. The topological polar surface area (TPSA) is 40.5 Å². The molecule has 3 nitrogen and oxygen atoms in total. The summed E-state index contributed by atoms with van der Waals surface area (Å²) in [6, 6.07) is 8.30. The minimum Gasteiger partial charge on any atom is -0.394 e. The van der Waals surface area contributed by atoms with Crippen molar-refractivity contribution in [1.82, 2.24) is 4.90 Å². The zero-order valence-electron chi connectivity index (χ0n) is 10.8. The molecule has 2 unspecified atom stereocenters. The number of aliphatic hydroxyl groups is 1. The molecule has 4 heteroatoms. The maximum Gasteiger partial charge on any atom is 0.226 e. The maximum absolute atomic E-state index is 12.4. The van der Waals surface area contributed by atoms with E-state index in [4.69, 9.17) is 0 Å². The highest BCUT2D eigenvalue weighted by atomic mass is 79.9. The van der Waals surface area contributed by atoms with Gasteiger partial charge in [-0.05, 0) is 42.9 Å². The molecule has 0 aromatic heterocycles. The summed E-state index contributed by atoms with van der Waals surface area (Å²) in [7, 11) is 0. The Labute approximate surface area is 121 Å². The van der Waals surface area contributed by atoms with Crippen LogP contribution >= 0.6 is 15.9 Å². The molecule has 1 amide bonds. The Morgan fingerprint density at radius 2 is 2.11 bits per heavy atom. The SMILES string of the molecule is O=C(C1CC1c1ccc(Br)cc1)N1CCC[C@@H]1CO. The van der Waals surface area contributed by atoms with Crippen LogP contribution < -0.4 is 0 Å². The number of nitrogens with zero attached hydrogens (tertiary/aromatic N) is 1. The maximum atomic E-state index is 12.4. The molecule has 19 heavy (non-hydrogen) atoms. The van der Waals surface area contributed by atoms with Crippen molar-refractivity contribution < 1.29 is 9.90 Å². The lowest BCUT2D eigenvalue weighted by molar-refractivity contribution is -0.134. The highest BCUT2D eigenvalue weighted by molar-refractivity contribution is 9.10. The first-order chi connectivity index (χ1) is 9.20. The highest BCUT2D eigenvalue weighted by Gasteiger charge is 2.47. The van der Waals surface area contributed by atoms with E-state index >= 15 is 0 Å². The number of aliphatic hydroxyl groups excluding tert-OH is 1. The van der Waals surface area contributed by atoms with E-state index < -0.39 is 0 Å². The number of rotatable bonds is 3. The van der Waals surface area contributed by atoms with Gasteiger partial charge in [-0.3, -0.25) is 4.79 Å². The van der Waals surface area contributed by atoms with Crippen molar-refractivity contribution in [2.75, 3.05) is 13.2 Å². The fraction of sp³-hybridized carbons (Fsp3) is 0.533. The molecule has 0 spiro atoms. The number of amides is 1.